The normalized spacial score (nSPS) is 15.2. The number of benzene rings is 2. The number of nitrogens with zero attached hydrogens (tertiary/aromatic N) is 2. The maximum Gasteiger partial charge on any atom is 0.416 e. The topological polar surface area (TPSA) is 45.5 Å². The van der Waals surface area contributed by atoms with Gasteiger partial charge in [0.1, 0.15) is 0 Å². The van der Waals surface area contributed by atoms with Gasteiger partial charge in [-0.1, -0.05) is 6.07 Å². The summed E-state index contributed by atoms with van der Waals surface area (Å²) < 4.78 is 40.9. The Hall–Kier alpha value is -2.96. The molecule has 0 atom stereocenters. The lowest BCUT2D eigenvalue weighted by Gasteiger charge is -2.38. The molecule has 0 unspecified atom stereocenters. The van der Waals surface area contributed by atoms with Crippen molar-refractivity contribution >= 4 is 22.6 Å². The quantitative estimate of drug-likeness (QED) is 0.735. The Kier molecular flexibility index (Phi) is 3.91. The molecule has 4 rings (SSSR count). The Labute approximate surface area is 153 Å². The van der Waals surface area contributed by atoms with Crippen LogP contribution in [0.3, 0.4) is 0 Å². The number of alkyl halides is 3. The Morgan fingerprint density at radius 1 is 1.11 bits per heavy atom. The average molecular weight is 374 g/mol. The standard InChI is InChI=1S/C20H17F3N2O2/c1-12-9-25(18-6-5-14(7-17(12)18)20(21,22)23)16-4-2-3-15(8-16)24-10-13(11-24)19(26)27/h2-9,13H,10-11H2,1H3,(H,26,27). The zero-order chi connectivity index (χ0) is 19.3. The highest BCUT2D eigenvalue weighted by atomic mass is 19.4. The van der Waals surface area contributed by atoms with Gasteiger partial charge in [-0.15, -0.1) is 0 Å². The van der Waals surface area contributed by atoms with E-state index in [2.05, 4.69) is 0 Å². The number of aliphatic carboxylic acids is 1. The Morgan fingerprint density at radius 3 is 2.48 bits per heavy atom. The Balaban J connectivity index is 1.71. The predicted molar refractivity (Wildman–Crippen MR) is 96.4 cm³/mol. The number of halogens is 3. The molecular formula is C20H17F3N2O2. The molecule has 7 heteroatoms. The number of fused-ring (bicyclic) bond motifs is 1. The van der Waals surface area contributed by atoms with Crippen molar-refractivity contribution in [3.63, 3.8) is 0 Å². The van der Waals surface area contributed by atoms with Gasteiger partial charge in [-0.25, -0.2) is 0 Å². The molecule has 1 aliphatic rings. The van der Waals surface area contributed by atoms with Crippen molar-refractivity contribution in [2.45, 2.75) is 13.1 Å². The van der Waals surface area contributed by atoms with E-state index >= 15 is 0 Å². The number of carboxylic acids is 1. The van der Waals surface area contributed by atoms with Crippen molar-refractivity contribution in [3.8, 4) is 5.69 Å². The molecule has 0 aliphatic carbocycles. The molecule has 140 valence electrons. The summed E-state index contributed by atoms with van der Waals surface area (Å²) in [5, 5.41) is 9.58. The number of anilines is 1. The minimum atomic E-state index is -4.37. The summed E-state index contributed by atoms with van der Waals surface area (Å²) in [6, 6.07) is 11.3. The van der Waals surface area contributed by atoms with Gasteiger partial charge in [-0.3, -0.25) is 4.79 Å². The Morgan fingerprint density at radius 2 is 1.81 bits per heavy atom. The monoisotopic (exact) mass is 374 g/mol. The number of rotatable bonds is 3. The fourth-order valence-corrected chi connectivity index (χ4v) is 3.47. The number of carbonyl (C=O) groups is 1. The molecule has 1 fully saturated rings. The summed E-state index contributed by atoms with van der Waals surface area (Å²) in [6.45, 7) is 2.70. The molecule has 1 N–H and O–H groups in total. The molecule has 0 amide bonds. The van der Waals surface area contributed by atoms with Gasteiger partial charge in [0.05, 0.1) is 17.0 Å². The minimum Gasteiger partial charge on any atom is -0.481 e. The molecule has 1 aliphatic heterocycles. The van der Waals surface area contributed by atoms with Gasteiger partial charge in [-0.05, 0) is 48.9 Å². The van der Waals surface area contributed by atoms with Gasteiger partial charge in [0.2, 0.25) is 0 Å². The molecular weight excluding hydrogens is 357 g/mol. The van der Waals surface area contributed by atoms with Crippen LogP contribution in [0.4, 0.5) is 18.9 Å². The van der Waals surface area contributed by atoms with Gasteiger partial charge >= 0.3 is 12.1 Å². The summed E-state index contributed by atoms with van der Waals surface area (Å²) in [6.07, 6.45) is -2.55. The highest BCUT2D eigenvalue weighted by Crippen LogP contribution is 2.34. The van der Waals surface area contributed by atoms with Crippen molar-refractivity contribution in [3.05, 3.63) is 59.8 Å². The molecule has 0 saturated carbocycles. The summed E-state index contributed by atoms with van der Waals surface area (Å²) >= 11 is 0. The van der Waals surface area contributed by atoms with E-state index in [0.29, 0.717) is 24.0 Å². The lowest BCUT2D eigenvalue weighted by Crippen LogP contribution is -2.50. The summed E-state index contributed by atoms with van der Waals surface area (Å²) in [5.74, 6) is -1.15. The number of carboxylic acid groups (broad SMARTS) is 1. The minimum absolute atomic E-state index is 0.357. The van der Waals surface area contributed by atoms with E-state index in [0.717, 1.165) is 23.0 Å². The molecule has 4 nitrogen and oxygen atoms in total. The van der Waals surface area contributed by atoms with Crippen LogP contribution >= 0.6 is 0 Å². The van der Waals surface area contributed by atoms with Crippen molar-refractivity contribution in [2.75, 3.05) is 18.0 Å². The van der Waals surface area contributed by atoms with E-state index in [-0.39, 0.29) is 5.92 Å². The fraction of sp³-hybridized carbons (Fsp3) is 0.250. The van der Waals surface area contributed by atoms with Gasteiger partial charge < -0.3 is 14.6 Å². The summed E-state index contributed by atoms with van der Waals surface area (Å²) in [5.41, 5.74) is 2.52. The number of hydrogen-bond acceptors (Lipinski definition) is 2. The maximum atomic E-state index is 13.0. The fourth-order valence-electron chi connectivity index (χ4n) is 3.47. The van der Waals surface area contributed by atoms with E-state index in [1.165, 1.54) is 12.1 Å². The van der Waals surface area contributed by atoms with Crippen molar-refractivity contribution in [1.29, 1.82) is 0 Å². The first-order valence-electron chi connectivity index (χ1n) is 8.51. The van der Waals surface area contributed by atoms with E-state index in [4.69, 9.17) is 5.11 Å². The van der Waals surface area contributed by atoms with E-state index < -0.39 is 17.7 Å². The van der Waals surface area contributed by atoms with Crippen LogP contribution in [0.1, 0.15) is 11.1 Å². The molecule has 1 saturated heterocycles. The lowest BCUT2D eigenvalue weighted by atomic mass is 9.99. The van der Waals surface area contributed by atoms with Crippen LogP contribution in [-0.4, -0.2) is 28.7 Å². The molecule has 0 spiro atoms. The van der Waals surface area contributed by atoms with Gasteiger partial charge in [0.15, 0.2) is 0 Å². The van der Waals surface area contributed by atoms with Crippen LogP contribution in [0.25, 0.3) is 16.6 Å². The van der Waals surface area contributed by atoms with Crippen molar-refractivity contribution in [2.24, 2.45) is 5.92 Å². The van der Waals surface area contributed by atoms with Crippen LogP contribution in [0.5, 0.6) is 0 Å². The first-order valence-corrected chi connectivity index (χ1v) is 8.51. The van der Waals surface area contributed by atoms with Crippen LogP contribution in [0.15, 0.2) is 48.7 Å². The second-order valence-electron chi connectivity index (χ2n) is 6.87. The SMILES string of the molecule is Cc1cn(-c2cccc(N3CC(C(=O)O)C3)c2)c2ccc(C(F)(F)F)cc12. The van der Waals surface area contributed by atoms with Gasteiger partial charge in [0, 0.05) is 36.0 Å². The second-order valence-corrected chi connectivity index (χ2v) is 6.87. The first kappa shape index (κ1) is 17.5. The third-order valence-corrected chi connectivity index (χ3v) is 5.03. The van der Waals surface area contributed by atoms with Gasteiger partial charge in [0.25, 0.3) is 0 Å². The van der Waals surface area contributed by atoms with Crippen LogP contribution in [-0.2, 0) is 11.0 Å². The molecule has 0 bridgehead atoms. The van der Waals surface area contributed by atoms with E-state index in [9.17, 15) is 18.0 Å². The molecule has 27 heavy (non-hydrogen) atoms. The highest BCUT2D eigenvalue weighted by Gasteiger charge is 2.33. The molecule has 1 aromatic heterocycles. The maximum absolute atomic E-state index is 13.0. The van der Waals surface area contributed by atoms with E-state index in [1.807, 2.05) is 39.9 Å². The number of aromatic nitrogens is 1. The zero-order valence-electron chi connectivity index (χ0n) is 14.5. The molecule has 2 aromatic carbocycles. The predicted octanol–water partition coefficient (Wildman–Crippen LogP) is 4.48. The molecule has 0 radical (unpaired) electrons. The van der Waals surface area contributed by atoms with Crippen LogP contribution in [0, 0.1) is 12.8 Å². The van der Waals surface area contributed by atoms with Crippen LogP contribution in [0.2, 0.25) is 0 Å². The van der Waals surface area contributed by atoms with Crippen molar-refractivity contribution < 1.29 is 23.1 Å². The lowest BCUT2D eigenvalue weighted by molar-refractivity contribution is -0.142. The summed E-state index contributed by atoms with van der Waals surface area (Å²) in [4.78, 5) is 13.0. The van der Waals surface area contributed by atoms with E-state index in [1.54, 1.807) is 6.92 Å². The van der Waals surface area contributed by atoms with Crippen LogP contribution < -0.4 is 4.90 Å². The third-order valence-electron chi connectivity index (χ3n) is 5.03. The first-order chi connectivity index (χ1) is 12.7. The number of aryl methyl sites for hydroxylation is 1. The molecule has 3 aromatic rings. The Bertz CT molecular complexity index is 1030. The third kappa shape index (κ3) is 3.03. The highest BCUT2D eigenvalue weighted by molar-refractivity contribution is 5.86. The molecule has 2 heterocycles. The van der Waals surface area contributed by atoms with Crippen molar-refractivity contribution in [1.82, 2.24) is 4.57 Å². The average Bonchev–Trinajstić information content (AvgIpc) is 2.89. The van der Waals surface area contributed by atoms with Gasteiger partial charge in [-0.2, -0.15) is 13.2 Å². The smallest absolute Gasteiger partial charge is 0.416 e. The summed E-state index contributed by atoms with van der Waals surface area (Å²) in [7, 11) is 0. The number of hydrogen-bond donors (Lipinski definition) is 1. The largest absolute Gasteiger partial charge is 0.481 e. The zero-order valence-corrected chi connectivity index (χ0v) is 14.5. The second kappa shape index (κ2) is 6.04.